The van der Waals surface area contributed by atoms with Crippen molar-refractivity contribution < 1.29 is 147 Å². The van der Waals surface area contributed by atoms with Gasteiger partial charge >= 0.3 is 58.3 Å². The van der Waals surface area contributed by atoms with Gasteiger partial charge in [0, 0.05) is 16.7 Å². The quantitative estimate of drug-likeness (QED) is 0.0542. The molecule has 0 saturated heterocycles. The molecule has 84 heavy (non-hydrogen) atoms. The topological polar surface area (TPSA) is 244 Å². The molecule has 0 spiro atoms. The van der Waals surface area contributed by atoms with Gasteiger partial charge in [-0.25, -0.2) is 14.4 Å². The van der Waals surface area contributed by atoms with E-state index in [1.807, 2.05) is 0 Å². The van der Waals surface area contributed by atoms with Crippen LogP contribution in [0.25, 0.3) is 0 Å². The second-order valence-corrected chi connectivity index (χ2v) is 24.4. The van der Waals surface area contributed by atoms with Crippen LogP contribution in [0.3, 0.4) is 0 Å². The molecule has 0 bridgehead atoms. The largest absolute Gasteiger partial charge is 3.00 e. The van der Waals surface area contributed by atoms with Gasteiger partial charge in [-0.05, 0) is 56.7 Å². The third-order valence-electron chi connectivity index (χ3n) is 15.0. The van der Waals surface area contributed by atoms with Gasteiger partial charge in [-0.3, -0.25) is 0 Å². The number of carboxylic acid groups (broad SMARTS) is 3. The summed E-state index contributed by atoms with van der Waals surface area (Å²) in [5, 5.41) is 62.0. The van der Waals surface area contributed by atoms with Crippen LogP contribution in [0.5, 0.6) is 17.2 Å². The van der Waals surface area contributed by atoms with Crippen molar-refractivity contribution in [2.75, 3.05) is 61.9 Å². The van der Waals surface area contributed by atoms with Crippen molar-refractivity contribution in [3.63, 3.8) is 0 Å². The Morgan fingerprint density at radius 2 is 0.500 bits per heavy atom. The van der Waals surface area contributed by atoms with Crippen LogP contribution in [-0.2, 0) is 19.6 Å². The van der Waals surface area contributed by atoms with Crippen molar-refractivity contribution in [3.8, 4) is 17.2 Å². The maximum absolute atomic E-state index is 11.6. The summed E-state index contributed by atoms with van der Waals surface area (Å²) in [5.41, 5.74) is 2.38. The summed E-state index contributed by atoms with van der Waals surface area (Å²) in [6, 6.07) is 14.0. The molecule has 3 aromatic rings. The minimum Gasteiger partial charge on any atom is -1.00 e. The van der Waals surface area contributed by atoms with Crippen LogP contribution in [0.15, 0.2) is 54.6 Å². The molecule has 1 radical (unpaired) electrons. The molecule has 14 nitrogen and oxygen atoms in total. The van der Waals surface area contributed by atoms with E-state index < -0.39 is 35.2 Å². The molecule has 7 N–H and O–H groups in total. The van der Waals surface area contributed by atoms with E-state index in [9.17, 15) is 29.7 Å². The Bertz CT molecular complexity index is 1880. The summed E-state index contributed by atoms with van der Waals surface area (Å²) < 4.78 is 2.44. The third-order valence-corrected chi connectivity index (χ3v) is 15.0. The standard InChI is InChI=1S/3C22H37NO3.3ClH.2H2O.Sm/c3*1-4-5-6-7-8-9-10-11-12-13-16-23(2,3)18-19-14-15-21(24)20(17-19)22(25)26;;;;;;/h3*14-15,17H,4-13,16,18H2,1-3H3,(H-,24,25,26);3*1H;2*1H2;/q;;;;;;;;+3/p-3. The van der Waals surface area contributed by atoms with E-state index in [4.69, 9.17) is 15.3 Å². The van der Waals surface area contributed by atoms with Crippen molar-refractivity contribution in [2.24, 2.45) is 0 Å². The Hall–Kier alpha value is -2.52. The average Bonchev–Trinajstić information content (AvgIpc) is 3.37. The van der Waals surface area contributed by atoms with Crippen LogP contribution >= 0.6 is 0 Å². The van der Waals surface area contributed by atoms with Crippen LogP contribution in [-0.4, -0.2) is 120 Å². The first-order valence-corrected chi connectivity index (χ1v) is 30.6. The summed E-state index contributed by atoms with van der Waals surface area (Å²) in [4.78, 5) is 33.3. The molecule has 3 aromatic carbocycles. The average molecular weight is 1380 g/mol. The molecule has 3 rings (SSSR count). The molecule has 18 heteroatoms. The van der Waals surface area contributed by atoms with Crippen LogP contribution in [0.1, 0.15) is 261 Å². The van der Waals surface area contributed by atoms with Gasteiger partial charge in [0.15, 0.2) is 0 Å². The fraction of sp³-hybridized carbons (Fsp3) is 0.682. The number of halogens is 3. The molecule has 0 aliphatic rings. The molecule has 0 aliphatic heterocycles. The Balaban J connectivity index is -0.000000262. The van der Waals surface area contributed by atoms with Gasteiger partial charge in [0.25, 0.3) is 0 Å². The van der Waals surface area contributed by atoms with E-state index in [0.717, 1.165) is 69.4 Å². The molecule has 0 amide bonds. The predicted octanol–water partition coefficient (Wildman–Crippen LogP) is 4.23. The maximum Gasteiger partial charge on any atom is 3.00 e. The van der Waals surface area contributed by atoms with Gasteiger partial charge in [0.05, 0.1) is 78.6 Å². The SMILES string of the molecule is CCCCCCCCCCCC[N+](C)(C)Cc1ccc([O-])c(C(=O)O)c1.CCCCCCCCCCCC[N+](C)(C)Cc1ccc([O-])c(C(=O)O)c1.CCCCCCCCCCCC[N+](C)(C)Cc1ccc([O-])c(C(=O)O)c1.O.O.[Cl-].[Cl-].[Cl-].[Sm+3]. The summed E-state index contributed by atoms with van der Waals surface area (Å²) in [7, 11) is 13.0. The van der Waals surface area contributed by atoms with Crippen molar-refractivity contribution in [3.05, 3.63) is 88.0 Å². The smallest absolute Gasteiger partial charge is 1.00 e. The number of rotatable bonds is 42. The number of hydrogen-bond acceptors (Lipinski definition) is 6. The van der Waals surface area contributed by atoms with E-state index in [1.54, 1.807) is 18.2 Å². The van der Waals surface area contributed by atoms with Gasteiger partial charge in [-0.1, -0.05) is 229 Å². The maximum atomic E-state index is 11.6. The van der Waals surface area contributed by atoms with E-state index in [0.29, 0.717) is 0 Å². The number of aromatic carboxylic acids is 3. The zero-order chi connectivity index (χ0) is 58.2. The Morgan fingerprint density at radius 3 is 0.667 bits per heavy atom. The second kappa shape index (κ2) is 54.6. The van der Waals surface area contributed by atoms with E-state index >= 15 is 0 Å². The van der Waals surface area contributed by atoms with E-state index in [-0.39, 0.29) is 105 Å². The van der Waals surface area contributed by atoms with Crippen LogP contribution in [0.2, 0.25) is 0 Å². The number of hydrogen-bond donors (Lipinski definition) is 3. The van der Waals surface area contributed by atoms with Gasteiger partial charge in [0.2, 0.25) is 0 Å². The molecule has 0 aliphatic carbocycles. The van der Waals surface area contributed by atoms with Gasteiger partial charge < -0.3 is 92.3 Å². The molecule has 0 fully saturated rings. The summed E-state index contributed by atoms with van der Waals surface area (Å²) >= 11 is 0. The second-order valence-electron chi connectivity index (χ2n) is 24.4. The summed E-state index contributed by atoms with van der Waals surface area (Å²) in [5.74, 6) is -4.67. The number of unbranched alkanes of at least 4 members (excludes halogenated alkanes) is 27. The van der Waals surface area contributed by atoms with Crippen LogP contribution in [0, 0.1) is 40.4 Å². The monoisotopic (exact) mass is 1380 g/mol. The van der Waals surface area contributed by atoms with Crippen molar-refractivity contribution in [1.82, 2.24) is 0 Å². The number of benzene rings is 3. The first kappa shape index (κ1) is 92.6. The molecular weight excluding hydrogens is 1270 g/mol. The predicted molar refractivity (Wildman–Crippen MR) is 323 cm³/mol. The molecule has 0 saturated carbocycles. The molecule has 0 unspecified atom stereocenters. The van der Waals surface area contributed by atoms with E-state index in [1.165, 1.54) is 229 Å². The molecule has 0 aromatic heterocycles. The van der Waals surface area contributed by atoms with Gasteiger partial charge in [-0.15, -0.1) is 0 Å². The van der Waals surface area contributed by atoms with Crippen LogP contribution in [0.4, 0.5) is 0 Å². The summed E-state index contributed by atoms with van der Waals surface area (Å²) in [6.45, 7) is 12.2. The normalized spacial score (nSPS) is 10.8. The number of carboxylic acids is 3. The van der Waals surface area contributed by atoms with Crippen LogP contribution < -0.4 is 52.5 Å². The first-order valence-electron chi connectivity index (χ1n) is 30.6. The Kier molecular flexibility index (Phi) is 60.2. The molecule has 487 valence electrons. The molecule has 0 atom stereocenters. The number of quaternary nitrogens is 3. The van der Waals surface area contributed by atoms with Gasteiger partial charge in [0.1, 0.15) is 19.6 Å². The minimum atomic E-state index is -1.14. The molecular formula is C66H115Cl3N3O11Sm. The minimum absolute atomic E-state index is 0. The van der Waals surface area contributed by atoms with E-state index in [2.05, 4.69) is 63.1 Å². The van der Waals surface area contributed by atoms with Crippen molar-refractivity contribution >= 4 is 17.9 Å². The zero-order valence-corrected chi connectivity index (χ0v) is 58.2. The summed E-state index contributed by atoms with van der Waals surface area (Å²) in [6.07, 6.45) is 39.9. The number of nitrogens with zero attached hydrogens (tertiary/aromatic N) is 3. The first-order chi connectivity index (χ1) is 37.1. The number of carbonyl (C=O) groups is 3. The van der Waals surface area contributed by atoms with Gasteiger partial charge in [-0.2, -0.15) is 0 Å². The zero-order valence-electron chi connectivity index (χ0n) is 53.3. The van der Waals surface area contributed by atoms with Crippen molar-refractivity contribution in [1.29, 1.82) is 0 Å². The fourth-order valence-electron chi connectivity index (χ4n) is 10.3. The van der Waals surface area contributed by atoms with Crippen molar-refractivity contribution in [2.45, 2.75) is 233 Å². The fourth-order valence-corrected chi connectivity index (χ4v) is 10.3. The molecule has 0 heterocycles. The Labute approximate surface area is 560 Å². The third kappa shape index (κ3) is 46.6. The Morgan fingerprint density at radius 1 is 0.333 bits per heavy atom.